The molecule has 0 heterocycles. The lowest BCUT2D eigenvalue weighted by molar-refractivity contribution is 0.0953. The molecule has 106 valence electrons. The molecule has 0 aliphatic heterocycles. The van der Waals surface area contributed by atoms with Crippen LogP contribution in [0.25, 0.3) is 0 Å². The average molecular weight is 285 g/mol. The van der Waals surface area contributed by atoms with Crippen molar-refractivity contribution in [3.8, 4) is 0 Å². The van der Waals surface area contributed by atoms with Crippen molar-refractivity contribution in [3.63, 3.8) is 0 Å². The van der Waals surface area contributed by atoms with Crippen LogP contribution in [0, 0.1) is 6.92 Å². The molecule has 19 heavy (non-hydrogen) atoms. The van der Waals surface area contributed by atoms with Crippen molar-refractivity contribution in [2.24, 2.45) is 5.73 Å². The van der Waals surface area contributed by atoms with Gasteiger partial charge in [-0.3, -0.25) is 9.52 Å². The first-order chi connectivity index (χ1) is 8.83. The van der Waals surface area contributed by atoms with Gasteiger partial charge in [0.1, 0.15) is 0 Å². The first-order valence-corrected chi connectivity index (χ1v) is 7.79. The zero-order chi connectivity index (χ0) is 14.5. The Balaban J connectivity index is 2.86. The molecule has 1 amide bonds. The highest BCUT2D eigenvalue weighted by Gasteiger charge is 2.10. The van der Waals surface area contributed by atoms with Crippen molar-refractivity contribution < 1.29 is 13.2 Å². The van der Waals surface area contributed by atoms with E-state index in [1.54, 1.807) is 19.1 Å². The Morgan fingerprint density at radius 2 is 2.05 bits per heavy atom. The number of nitrogens with one attached hydrogen (secondary N) is 2. The number of sulfonamides is 1. The van der Waals surface area contributed by atoms with Gasteiger partial charge in [-0.1, -0.05) is 6.07 Å². The molecular formula is C12H19N3O3S. The summed E-state index contributed by atoms with van der Waals surface area (Å²) in [4.78, 5) is 11.8. The second-order valence-corrected chi connectivity index (χ2v) is 6.05. The molecule has 0 spiro atoms. The third-order valence-corrected chi connectivity index (χ3v) is 3.05. The first-order valence-electron chi connectivity index (χ1n) is 5.90. The van der Waals surface area contributed by atoms with Gasteiger partial charge in [-0.25, -0.2) is 8.42 Å². The van der Waals surface area contributed by atoms with Crippen LogP contribution in [0.4, 0.5) is 5.69 Å². The molecule has 0 aliphatic carbocycles. The molecule has 0 atom stereocenters. The third kappa shape index (κ3) is 5.27. The molecule has 7 heteroatoms. The van der Waals surface area contributed by atoms with Crippen molar-refractivity contribution in [3.05, 3.63) is 29.3 Å². The summed E-state index contributed by atoms with van der Waals surface area (Å²) in [7, 11) is -3.36. The standard InChI is InChI=1S/C12H19N3O3S/c1-9-4-5-10(12(16)14-7-3-6-13)8-11(9)15-19(2,17)18/h4-5,8,15H,3,6-7,13H2,1-2H3,(H,14,16). The van der Waals surface area contributed by atoms with Crippen LogP contribution in [0.15, 0.2) is 18.2 Å². The quantitative estimate of drug-likeness (QED) is 0.660. The van der Waals surface area contributed by atoms with Gasteiger partial charge in [0.2, 0.25) is 10.0 Å². The highest BCUT2D eigenvalue weighted by Crippen LogP contribution is 2.17. The van der Waals surface area contributed by atoms with Gasteiger partial charge in [0, 0.05) is 12.1 Å². The van der Waals surface area contributed by atoms with Gasteiger partial charge >= 0.3 is 0 Å². The highest BCUT2D eigenvalue weighted by molar-refractivity contribution is 7.92. The van der Waals surface area contributed by atoms with E-state index >= 15 is 0 Å². The summed E-state index contributed by atoms with van der Waals surface area (Å²) in [5.41, 5.74) is 6.91. The minimum Gasteiger partial charge on any atom is -0.352 e. The van der Waals surface area contributed by atoms with E-state index in [0.717, 1.165) is 11.8 Å². The van der Waals surface area contributed by atoms with E-state index in [-0.39, 0.29) is 5.91 Å². The SMILES string of the molecule is Cc1ccc(C(=O)NCCCN)cc1NS(C)(=O)=O. The van der Waals surface area contributed by atoms with Crippen LogP contribution >= 0.6 is 0 Å². The van der Waals surface area contributed by atoms with Gasteiger partial charge in [-0.15, -0.1) is 0 Å². The normalized spacial score (nSPS) is 11.1. The lowest BCUT2D eigenvalue weighted by atomic mass is 10.1. The number of benzene rings is 1. The second kappa shape index (κ2) is 6.53. The molecule has 0 radical (unpaired) electrons. The van der Waals surface area contributed by atoms with Crippen molar-refractivity contribution in [1.29, 1.82) is 0 Å². The monoisotopic (exact) mass is 285 g/mol. The van der Waals surface area contributed by atoms with Gasteiger partial charge in [0.05, 0.1) is 11.9 Å². The van der Waals surface area contributed by atoms with Crippen molar-refractivity contribution in [2.75, 3.05) is 24.1 Å². The number of hydrogen-bond donors (Lipinski definition) is 3. The lowest BCUT2D eigenvalue weighted by Crippen LogP contribution is -2.26. The molecule has 0 aliphatic rings. The van der Waals surface area contributed by atoms with E-state index in [4.69, 9.17) is 5.73 Å². The first kappa shape index (κ1) is 15.5. The maximum atomic E-state index is 11.8. The van der Waals surface area contributed by atoms with E-state index in [9.17, 15) is 13.2 Å². The summed E-state index contributed by atoms with van der Waals surface area (Å²) in [5, 5.41) is 2.71. The summed E-state index contributed by atoms with van der Waals surface area (Å²) < 4.78 is 24.8. The van der Waals surface area contributed by atoms with E-state index < -0.39 is 10.0 Å². The Kier molecular flexibility index (Phi) is 5.31. The number of aryl methyl sites for hydroxylation is 1. The topological polar surface area (TPSA) is 101 Å². The molecule has 1 aromatic rings. The van der Waals surface area contributed by atoms with Gasteiger partial charge in [0.25, 0.3) is 5.91 Å². The maximum Gasteiger partial charge on any atom is 0.251 e. The summed E-state index contributed by atoms with van der Waals surface area (Å²) in [5.74, 6) is -0.245. The summed E-state index contributed by atoms with van der Waals surface area (Å²) in [6, 6.07) is 4.88. The molecule has 6 nitrogen and oxygen atoms in total. The number of amides is 1. The summed E-state index contributed by atoms with van der Waals surface area (Å²) >= 11 is 0. The zero-order valence-electron chi connectivity index (χ0n) is 11.1. The Morgan fingerprint density at radius 3 is 2.63 bits per heavy atom. The number of anilines is 1. The Labute approximate surface area is 113 Å². The van der Waals surface area contributed by atoms with Crippen molar-refractivity contribution in [1.82, 2.24) is 5.32 Å². The van der Waals surface area contributed by atoms with E-state index in [1.807, 2.05) is 0 Å². The summed E-state index contributed by atoms with van der Waals surface area (Å²) in [6.45, 7) is 2.77. The van der Waals surface area contributed by atoms with E-state index in [1.165, 1.54) is 6.07 Å². The second-order valence-electron chi connectivity index (χ2n) is 4.30. The average Bonchev–Trinajstić information content (AvgIpc) is 2.30. The third-order valence-electron chi connectivity index (χ3n) is 2.46. The van der Waals surface area contributed by atoms with Crippen LogP contribution in [-0.2, 0) is 10.0 Å². The van der Waals surface area contributed by atoms with Crippen LogP contribution < -0.4 is 15.8 Å². The molecule has 4 N–H and O–H groups in total. The molecule has 0 saturated carbocycles. The fraction of sp³-hybridized carbons (Fsp3) is 0.417. The molecule has 0 aromatic heterocycles. The van der Waals surface area contributed by atoms with Gasteiger partial charge in [-0.05, 0) is 37.6 Å². The van der Waals surface area contributed by atoms with Crippen LogP contribution in [0.2, 0.25) is 0 Å². The molecular weight excluding hydrogens is 266 g/mol. The minimum atomic E-state index is -3.36. The van der Waals surface area contributed by atoms with Crippen molar-refractivity contribution in [2.45, 2.75) is 13.3 Å². The minimum absolute atomic E-state index is 0.245. The molecule has 1 aromatic carbocycles. The van der Waals surface area contributed by atoms with Gasteiger partial charge in [-0.2, -0.15) is 0 Å². The highest BCUT2D eigenvalue weighted by atomic mass is 32.2. The predicted molar refractivity (Wildman–Crippen MR) is 75.7 cm³/mol. The Bertz CT molecular complexity index is 555. The molecule has 0 bridgehead atoms. The number of nitrogens with two attached hydrogens (primary N) is 1. The van der Waals surface area contributed by atoms with E-state index in [0.29, 0.717) is 30.8 Å². The number of carbonyl (C=O) groups excluding carboxylic acids is 1. The smallest absolute Gasteiger partial charge is 0.251 e. The largest absolute Gasteiger partial charge is 0.352 e. The summed E-state index contributed by atoms with van der Waals surface area (Å²) in [6.07, 6.45) is 1.77. The molecule has 0 saturated heterocycles. The zero-order valence-corrected chi connectivity index (χ0v) is 11.9. The van der Waals surface area contributed by atoms with Gasteiger partial charge < -0.3 is 11.1 Å². The van der Waals surface area contributed by atoms with Gasteiger partial charge in [0.15, 0.2) is 0 Å². The number of carbonyl (C=O) groups is 1. The fourth-order valence-corrected chi connectivity index (χ4v) is 2.10. The fourth-order valence-electron chi connectivity index (χ4n) is 1.48. The van der Waals surface area contributed by atoms with E-state index in [2.05, 4.69) is 10.0 Å². The molecule has 0 fully saturated rings. The van der Waals surface area contributed by atoms with Crippen LogP contribution in [0.3, 0.4) is 0 Å². The number of hydrogen-bond acceptors (Lipinski definition) is 4. The molecule has 1 rings (SSSR count). The Hall–Kier alpha value is -1.60. The van der Waals surface area contributed by atoms with Crippen molar-refractivity contribution >= 4 is 21.6 Å². The van der Waals surface area contributed by atoms with Crippen LogP contribution in [-0.4, -0.2) is 33.7 Å². The maximum absolute atomic E-state index is 11.8. The van der Waals surface area contributed by atoms with Crippen LogP contribution in [0.1, 0.15) is 22.3 Å². The number of rotatable bonds is 6. The lowest BCUT2D eigenvalue weighted by Gasteiger charge is -2.10. The van der Waals surface area contributed by atoms with Crippen LogP contribution in [0.5, 0.6) is 0 Å². The Morgan fingerprint density at radius 1 is 1.37 bits per heavy atom. The molecule has 0 unspecified atom stereocenters. The predicted octanol–water partition coefficient (Wildman–Crippen LogP) is 0.445.